The molecule has 0 unspecified atom stereocenters. The molecular weight excluding hydrogens is 214 g/mol. The molecule has 0 amide bonds. The largest absolute Gasteiger partial charge is 0.312 e. The Labute approximate surface area is 99.3 Å². The highest BCUT2D eigenvalue weighted by atomic mass is 16.1. The van der Waals surface area contributed by atoms with Crippen molar-refractivity contribution in [1.82, 2.24) is 15.1 Å². The van der Waals surface area contributed by atoms with E-state index in [9.17, 15) is 4.79 Å². The number of nitrogens with zero attached hydrogens (tertiary/aromatic N) is 1. The fourth-order valence-corrected chi connectivity index (χ4v) is 2.27. The molecule has 0 spiro atoms. The number of aromatic amines is 1. The minimum Gasteiger partial charge on any atom is -0.312 e. The maximum atomic E-state index is 12.1. The number of nitrogens with one attached hydrogen (secondary N) is 2. The van der Waals surface area contributed by atoms with Gasteiger partial charge < -0.3 is 5.32 Å². The zero-order chi connectivity index (χ0) is 11.7. The highest BCUT2D eigenvalue weighted by Gasteiger charge is 2.16. The summed E-state index contributed by atoms with van der Waals surface area (Å²) in [6, 6.07) is 10.0. The zero-order valence-corrected chi connectivity index (χ0v) is 9.57. The van der Waals surface area contributed by atoms with Crippen LogP contribution in [-0.4, -0.2) is 16.3 Å². The van der Waals surface area contributed by atoms with Crippen molar-refractivity contribution in [3.8, 4) is 0 Å². The topological polar surface area (TPSA) is 49.8 Å². The molecular formula is C13H15N3O. The van der Waals surface area contributed by atoms with Crippen LogP contribution >= 0.6 is 0 Å². The zero-order valence-electron chi connectivity index (χ0n) is 9.57. The molecule has 1 aliphatic heterocycles. The predicted molar refractivity (Wildman–Crippen MR) is 66.0 cm³/mol. The smallest absolute Gasteiger partial charge is 0.271 e. The molecule has 0 bridgehead atoms. The van der Waals surface area contributed by atoms with Crippen LogP contribution in [0.2, 0.25) is 0 Å². The van der Waals surface area contributed by atoms with Crippen molar-refractivity contribution in [2.75, 3.05) is 6.54 Å². The van der Waals surface area contributed by atoms with E-state index in [2.05, 4.69) is 10.4 Å². The van der Waals surface area contributed by atoms with Gasteiger partial charge >= 0.3 is 0 Å². The van der Waals surface area contributed by atoms with Gasteiger partial charge in [0, 0.05) is 25.2 Å². The molecule has 0 atom stereocenters. The minimum absolute atomic E-state index is 0.107. The van der Waals surface area contributed by atoms with E-state index in [1.807, 2.05) is 30.3 Å². The van der Waals surface area contributed by atoms with Gasteiger partial charge in [-0.3, -0.25) is 9.89 Å². The molecule has 2 N–H and O–H groups in total. The number of rotatable bonds is 2. The Balaban J connectivity index is 1.94. The van der Waals surface area contributed by atoms with E-state index in [1.165, 1.54) is 0 Å². The summed E-state index contributed by atoms with van der Waals surface area (Å²) in [6.45, 7) is 2.25. The van der Waals surface area contributed by atoms with Gasteiger partial charge in [0.1, 0.15) is 0 Å². The molecule has 88 valence electrons. The summed E-state index contributed by atoms with van der Waals surface area (Å²) in [6.07, 6.45) is 0.909. The lowest BCUT2D eigenvalue weighted by Crippen LogP contribution is -2.27. The second kappa shape index (κ2) is 4.22. The third kappa shape index (κ3) is 1.91. The predicted octanol–water partition coefficient (Wildman–Crippen LogP) is 0.870. The maximum absolute atomic E-state index is 12.1. The van der Waals surface area contributed by atoms with E-state index in [-0.39, 0.29) is 5.56 Å². The van der Waals surface area contributed by atoms with E-state index in [0.29, 0.717) is 13.1 Å². The summed E-state index contributed by atoms with van der Waals surface area (Å²) in [4.78, 5) is 12.1. The highest BCUT2D eigenvalue weighted by molar-refractivity contribution is 5.21. The molecule has 3 rings (SSSR count). The number of benzene rings is 1. The van der Waals surface area contributed by atoms with Crippen molar-refractivity contribution in [2.45, 2.75) is 19.5 Å². The average molecular weight is 229 g/mol. The quantitative estimate of drug-likeness (QED) is 0.803. The van der Waals surface area contributed by atoms with Gasteiger partial charge in [-0.25, -0.2) is 4.68 Å². The molecule has 0 saturated heterocycles. The molecule has 17 heavy (non-hydrogen) atoms. The van der Waals surface area contributed by atoms with Crippen LogP contribution in [0.3, 0.4) is 0 Å². The number of H-pyrrole nitrogens is 1. The first-order valence-electron chi connectivity index (χ1n) is 5.90. The van der Waals surface area contributed by atoms with Gasteiger partial charge in [-0.15, -0.1) is 0 Å². The summed E-state index contributed by atoms with van der Waals surface area (Å²) < 4.78 is 1.70. The Morgan fingerprint density at radius 1 is 1.24 bits per heavy atom. The Hall–Kier alpha value is -1.81. The summed E-state index contributed by atoms with van der Waals surface area (Å²) >= 11 is 0. The van der Waals surface area contributed by atoms with Gasteiger partial charge in [0.05, 0.1) is 12.1 Å². The summed E-state index contributed by atoms with van der Waals surface area (Å²) in [5.74, 6) is 0. The second-order valence-electron chi connectivity index (χ2n) is 4.37. The first-order chi connectivity index (χ1) is 8.34. The third-order valence-electron chi connectivity index (χ3n) is 3.17. The standard InChI is InChI=1S/C13H15N3O/c17-13-11-8-14-7-6-12(11)15-16(13)9-10-4-2-1-3-5-10/h1-5,14-15H,6-9H2. The van der Waals surface area contributed by atoms with Gasteiger partial charge in [-0.2, -0.15) is 0 Å². The van der Waals surface area contributed by atoms with Gasteiger partial charge in [-0.05, 0) is 5.56 Å². The van der Waals surface area contributed by atoms with Crippen LogP contribution in [0.15, 0.2) is 35.1 Å². The fraction of sp³-hybridized carbons (Fsp3) is 0.308. The molecule has 2 aromatic rings. The molecule has 4 nitrogen and oxygen atoms in total. The molecule has 0 saturated carbocycles. The second-order valence-corrected chi connectivity index (χ2v) is 4.37. The van der Waals surface area contributed by atoms with Crippen molar-refractivity contribution in [2.24, 2.45) is 0 Å². The molecule has 0 radical (unpaired) electrons. The van der Waals surface area contributed by atoms with E-state index >= 15 is 0 Å². The molecule has 0 aliphatic carbocycles. The van der Waals surface area contributed by atoms with Crippen LogP contribution in [0.25, 0.3) is 0 Å². The van der Waals surface area contributed by atoms with Gasteiger partial charge in [0.2, 0.25) is 0 Å². The number of hydrogen-bond donors (Lipinski definition) is 2. The number of aromatic nitrogens is 2. The lowest BCUT2D eigenvalue weighted by atomic mass is 10.1. The monoisotopic (exact) mass is 229 g/mol. The van der Waals surface area contributed by atoms with Crippen molar-refractivity contribution in [3.05, 3.63) is 57.5 Å². The van der Waals surface area contributed by atoms with E-state index in [4.69, 9.17) is 0 Å². The fourth-order valence-electron chi connectivity index (χ4n) is 2.27. The maximum Gasteiger partial charge on any atom is 0.271 e. The van der Waals surface area contributed by atoms with Crippen molar-refractivity contribution in [3.63, 3.8) is 0 Å². The van der Waals surface area contributed by atoms with Crippen molar-refractivity contribution >= 4 is 0 Å². The van der Waals surface area contributed by atoms with Crippen molar-refractivity contribution < 1.29 is 0 Å². The first-order valence-corrected chi connectivity index (χ1v) is 5.90. The van der Waals surface area contributed by atoms with Crippen LogP contribution < -0.4 is 10.9 Å². The molecule has 1 aromatic heterocycles. The normalized spacial score (nSPS) is 14.6. The van der Waals surface area contributed by atoms with E-state index in [1.54, 1.807) is 4.68 Å². The Kier molecular flexibility index (Phi) is 2.57. The highest BCUT2D eigenvalue weighted by Crippen LogP contribution is 2.08. The molecule has 1 aromatic carbocycles. The van der Waals surface area contributed by atoms with Crippen LogP contribution in [0, 0.1) is 0 Å². The van der Waals surface area contributed by atoms with E-state index < -0.39 is 0 Å². The van der Waals surface area contributed by atoms with Crippen LogP contribution in [0.1, 0.15) is 16.8 Å². The average Bonchev–Trinajstić information content (AvgIpc) is 2.68. The number of hydrogen-bond acceptors (Lipinski definition) is 2. The van der Waals surface area contributed by atoms with Crippen LogP contribution in [0.4, 0.5) is 0 Å². The molecule has 0 fully saturated rings. The molecule has 1 aliphatic rings. The molecule has 2 heterocycles. The van der Waals surface area contributed by atoms with Gasteiger partial charge in [-0.1, -0.05) is 30.3 Å². The van der Waals surface area contributed by atoms with E-state index in [0.717, 1.165) is 29.8 Å². The van der Waals surface area contributed by atoms with Gasteiger partial charge in [0.25, 0.3) is 5.56 Å². The Morgan fingerprint density at radius 3 is 2.82 bits per heavy atom. The summed E-state index contributed by atoms with van der Waals surface area (Å²) in [7, 11) is 0. The molecule has 4 heteroatoms. The van der Waals surface area contributed by atoms with Crippen molar-refractivity contribution in [1.29, 1.82) is 0 Å². The minimum atomic E-state index is 0.107. The SMILES string of the molecule is O=c1c2c([nH]n1Cc1ccccc1)CCNC2. The summed E-state index contributed by atoms with van der Waals surface area (Å²) in [5.41, 5.74) is 3.23. The number of fused-ring (bicyclic) bond motifs is 1. The summed E-state index contributed by atoms with van der Waals surface area (Å²) in [5, 5.41) is 6.44. The third-order valence-corrected chi connectivity index (χ3v) is 3.17. The lowest BCUT2D eigenvalue weighted by molar-refractivity contribution is 0.625. The van der Waals surface area contributed by atoms with Gasteiger partial charge in [0.15, 0.2) is 0 Å². The van der Waals surface area contributed by atoms with Crippen LogP contribution in [-0.2, 0) is 19.5 Å². The Bertz CT molecular complexity index is 568. The lowest BCUT2D eigenvalue weighted by Gasteiger charge is -2.09. The van der Waals surface area contributed by atoms with Crippen LogP contribution in [0.5, 0.6) is 0 Å². The first kappa shape index (κ1) is 10.4. The Morgan fingerprint density at radius 2 is 2.06 bits per heavy atom.